The first kappa shape index (κ1) is 24.5. The van der Waals surface area contributed by atoms with Crippen LogP contribution in [0.1, 0.15) is 5.56 Å². The molecule has 5 heteroatoms. The molecular weight excluding hydrogens is 506 g/mol. The van der Waals surface area contributed by atoms with E-state index in [1.165, 1.54) is 0 Å². The van der Waals surface area contributed by atoms with Crippen molar-refractivity contribution in [1.82, 2.24) is 15.0 Å². The summed E-state index contributed by atoms with van der Waals surface area (Å²) in [7, 11) is 0. The second-order valence-electron chi connectivity index (χ2n) is 9.71. The van der Waals surface area contributed by atoms with Crippen LogP contribution in [0.3, 0.4) is 0 Å². The van der Waals surface area contributed by atoms with Crippen molar-refractivity contribution in [3.05, 3.63) is 145 Å². The monoisotopic (exact) mass is 531 g/mol. The smallest absolute Gasteiger partial charge is 0.394 e. The molecule has 2 aromatic heterocycles. The predicted octanol–water partition coefficient (Wildman–Crippen LogP) is 8.86. The third-order valence-electron chi connectivity index (χ3n) is 6.91. The van der Waals surface area contributed by atoms with Gasteiger partial charge >= 0.3 is 6.08 Å². The SMILES string of the molecule is c1ccc(COc2nc3cc(-c4ccc(-c5nc(-c6ccccc6)cc(-c6ccccc6)n5)cc4)ccc3o2)cc1. The van der Waals surface area contributed by atoms with Gasteiger partial charge in [-0.15, -0.1) is 0 Å². The number of hydrogen-bond acceptors (Lipinski definition) is 5. The maximum atomic E-state index is 5.80. The number of hydrogen-bond donors (Lipinski definition) is 0. The molecule has 0 unspecified atom stereocenters. The fourth-order valence-corrected chi connectivity index (χ4v) is 4.77. The summed E-state index contributed by atoms with van der Waals surface area (Å²) < 4.78 is 11.6. The van der Waals surface area contributed by atoms with Crippen molar-refractivity contribution in [3.63, 3.8) is 0 Å². The first-order chi connectivity index (χ1) is 20.3. The zero-order chi connectivity index (χ0) is 27.4. The van der Waals surface area contributed by atoms with E-state index in [0.717, 1.165) is 50.3 Å². The fourth-order valence-electron chi connectivity index (χ4n) is 4.77. The van der Waals surface area contributed by atoms with Crippen molar-refractivity contribution in [3.8, 4) is 51.1 Å². The summed E-state index contributed by atoms with van der Waals surface area (Å²) in [6, 6.07) is 46.7. The van der Waals surface area contributed by atoms with Crippen LogP contribution >= 0.6 is 0 Å². The first-order valence-corrected chi connectivity index (χ1v) is 13.5. The van der Waals surface area contributed by atoms with Crippen molar-refractivity contribution in [2.75, 3.05) is 0 Å². The summed E-state index contributed by atoms with van der Waals surface area (Å²) >= 11 is 0. The molecule has 5 nitrogen and oxygen atoms in total. The fraction of sp³-hybridized carbons (Fsp3) is 0.0278. The minimum Gasteiger partial charge on any atom is -0.445 e. The number of fused-ring (bicyclic) bond motifs is 1. The zero-order valence-electron chi connectivity index (χ0n) is 22.1. The van der Waals surface area contributed by atoms with Crippen molar-refractivity contribution in [2.24, 2.45) is 0 Å². The van der Waals surface area contributed by atoms with Gasteiger partial charge in [0, 0.05) is 16.7 Å². The highest BCUT2D eigenvalue weighted by Gasteiger charge is 2.12. The average molecular weight is 532 g/mol. The maximum absolute atomic E-state index is 5.80. The molecule has 0 saturated heterocycles. The minimum absolute atomic E-state index is 0.265. The lowest BCUT2D eigenvalue weighted by Crippen LogP contribution is -1.95. The van der Waals surface area contributed by atoms with Gasteiger partial charge in [0.2, 0.25) is 0 Å². The predicted molar refractivity (Wildman–Crippen MR) is 162 cm³/mol. The molecule has 0 radical (unpaired) electrons. The van der Waals surface area contributed by atoms with Crippen LogP contribution in [-0.2, 0) is 6.61 Å². The van der Waals surface area contributed by atoms with Gasteiger partial charge < -0.3 is 9.15 Å². The molecule has 0 bridgehead atoms. The Morgan fingerprint density at radius 3 is 1.68 bits per heavy atom. The van der Waals surface area contributed by atoms with Gasteiger partial charge in [-0.2, -0.15) is 4.98 Å². The molecule has 0 fully saturated rings. The van der Waals surface area contributed by atoms with Crippen molar-refractivity contribution < 1.29 is 9.15 Å². The Hall–Kier alpha value is -5.55. The van der Waals surface area contributed by atoms with Crippen molar-refractivity contribution in [1.29, 1.82) is 0 Å². The van der Waals surface area contributed by atoms with Gasteiger partial charge in [-0.3, -0.25) is 0 Å². The number of nitrogens with zero attached hydrogens (tertiary/aromatic N) is 3. The third kappa shape index (κ3) is 5.34. The lowest BCUT2D eigenvalue weighted by molar-refractivity contribution is 0.226. The van der Waals surface area contributed by atoms with Gasteiger partial charge in [-0.1, -0.05) is 121 Å². The largest absolute Gasteiger partial charge is 0.445 e. The number of rotatable bonds is 7. The molecule has 5 aromatic carbocycles. The molecule has 0 saturated carbocycles. The van der Waals surface area contributed by atoms with Crippen LogP contribution in [0.15, 0.2) is 144 Å². The lowest BCUT2D eigenvalue weighted by atomic mass is 10.0. The highest BCUT2D eigenvalue weighted by Crippen LogP contribution is 2.31. The molecule has 0 spiro atoms. The van der Waals surface area contributed by atoms with Crippen LogP contribution in [-0.4, -0.2) is 15.0 Å². The Labute approximate surface area is 237 Å². The van der Waals surface area contributed by atoms with Gasteiger partial charge in [-0.05, 0) is 34.9 Å². The summed E-state index contributed by atoms with van der Waals surface area (Å²) in [5, 5.41) is 0. The Kier molecular flexibility index (Phi) is 6.51. The van der Waals surface area contributed by atoms with E-state index < -0.39 is 0 Å². The van der Waals surface area contributed by atoms with E-state index in [4.69, 9.17) is 19.1 Å². The first-order valence-electron chi connectivity index (χ1n) is 13.5. The molecule has 41 heavy (non-hydrogen) atoms. The number of ether oxygens (including phenoxy) is 1. The topological polar surface area (TPSA) is 61.0 Å². The second kappa shape index (κ2) is 10.9. The normalized spacial score (nSPS) is 11.0. The Morgan fingerprint density at radius 2 is 1.05 bits per heavy atom. The highest BCUT2D eigenvalue weighted by atomic mass is 16.6. The van der Waals surface area contributed by atoms with E-state index >= 15 is 0 Å². The van der Waals surface area contributed by atoms with Gasteiger partial charge in [0.25, 0.3) is 0 Å². The van der Waals surface area contributed by atoms with E-state index in [9.17, 15) is 0 Å². The standard InChI is InChI=1S/C36H25N3O2/c1-4-10-25(11-5-1)24-40-36-39-33-22-30(20-21-34(33)41-36)26-16-18-29(19-17-26)35-37-31(27-12-6-2-7-13-27)23-32(38-35)28-14-8-3-9-15-28/h1-23H,24H2. The molecule has 0 amide bonds. The van der Waals surface area contributed by atoms with E-state index in [-0.39, 0.29) is 6.08 Å². The zero-order valence-corrected chi connectivity index (χ0v) is 22.1. The Bertz CT molecular complexity index is 1860. The van der Waals surface area contributed by atoms with Crippen LogP contribution in [0.25, 0.3) is 56.1 Å². The van der Waals surface area contributed by atoms with Crippen molar-refractivity contribution >= 4 is 11.1 Å². The van der Waals surface area contributed by atoms with Gasteiger partial charge in [-0.25, -0.2) is 9.97 Å². The summed E-state index contributed by atoms with van der Waals surface area (Å²) in [4.78, 5) is 14.4. The Balaban J connectivity index is 1.18. The summed E-state index contributed by atoms with van der Waals surface area (Å²) in [5.74, 6) is 0.684. The summed E-state index contributed by atoms with van der Waals surface area (Å²) in [6.07, 6.45) is 0.265. The molecule has 196 valence electrons. The van der Waals surface area contributed by atoms with Gasteiger partial charge in [0.1, 0.15) is 12.1 Å². The summed E-state index contributed by atoms with van der Waals surface area (Å²) in [6.45, 7) is 0.404. The molecule has 7 rings (SSSR count). The average Bonchev–Trinajstić information content (AvgIpc) is 3.47. The maximum Gasteiger partial charge on any atom is 0.394 e. The number of benzene rings is 5. The van der Waals surface area contributed by atoms with Crippen LogP contribution in [0, 0.1) is 0 Å². The third-order valence-corrected chi connectivity index (χ3v) is 6.91. The minimum atomic E-state index is 0.265. The Morgan fingerprint density at radius 1 is 0.488 bits per heavy atom. The van der Waals surface area contributed by atoms with Gasteiger partial charge in [0.05, 0.1) is 11.4 Å². The van der Waals surface area contributed by atoms with Gasteiger partial charge in [0.15, 0.2) is 11.4 Å². The molecule has 0 aliphatic rings. The number of aromatic nitrogens is 3. The van der Waals surface area contributed by atoms with E-state index in [1.807, 2.05) is 91.0 Å². The molecule has 0 aliphatic heterocycles. The van der Waals surface area contributed by atoms with Crippen molar-refractivity contribution in [2.45, 2.75) is 6.61 Å². The molecule has 0 atom stereocenters. The van der Waals surface area contributed by atoms with E-state index in [1.54, 1.807) is 0 Å². The van der Waals surface area contributed by atoms with E-state index in [2.05, 4.69) is 53.5 Å². The van der Waals surface area contributed by atoms with E-state index in [0.29, 0.717) is 18.0 Å². The molecule has 7 aromatic rings. The lowest BCUT2D eigenvalue weighted by Gasteiger charge is -2.10. The van der Waals surface area contributed by atoms with Crippen LogP contribution < -0.4 is 4.74 Å². The van der Waals surface area contributed by atoms with Crippen LogP contribution in [0.2, 0.25) is 0 Å². The number of oxazole rings is 1. The van der Waals surface area contributed by atoms with Crippen LogP contribution in [0.5, 0.6) is 6.08 Å². The molecule has 0 N–H and O–H groups in total. The highest BCUT2D eigenvalue weighted by molar-refractivity contribution is 5.81. The second-order valence-corrected chi connectivity index (χ2v) is 9.71. The van der Waals surface area contributed by atoms with Crippen LogP contribution in [0.4, 0.5) is 0 Å². The molecule has 2 heterocycles. The molecule has 0 aliphatic carbocycles. The molecular formula is C36H25N3O2. The summed E-state index contributed by atoms with van der Waals surface area (Å²) in [5.41, 5.74) is 9.43. The quantitative estimate of drug-likeness (QED) is 0.206.